The van der Waals surface area contributed by atoms with Crippen molar-refractivity contribution in [1.29, 1.82) is 0 Å². The van der Waals surface area contributed by atoms with Crippen molar-refractivity contribution in [3.8, 4) is 0 Å². The van der Waals surface area contributed by atoms with Gasteiger partial charge in [0.15, 0.2) is 6.29 Å². The molecule has 0 aliphatic carbocycles. The van der Waals surface area contributed by atoms with Crippen LogP contribution in [-0.2, 0) is 0 Å². The lowest BCUT2D eigenvalue weighted by Crippen LogP contribution is -2.23. The SMILES string of the molecule is Cl.NC(N)=N/N=C/c1ccc(F)c(Cl)c1Cl.NN=C(N)N.O=Cc1ccc(F)c(Cl)c1Cl. The molecule has 2 rings (SSSR count). The number of hydrogen-bond acceptors (Lipinski definition) is 5. The first-order valence-corrected chi connectivity index (χ1v) is 9.10. The molecule has 10 N–H and O–H groups in total. The Labute approximate surface area is 207 Å². The topological polar surface area (TPSA) is 184 Å². The normalized spacial score (nSPS) is 9.31. The number of carbonyl (C=O) groups excluding carboxylic acids is 1. The van der Waals surface area contributed by atoms with Crippen LogP contribution in [0.1, 0.15) is 15.9 Å². The summed E-state index contributed by atoms with van der Waals surface area (Å²) in [5.41, 5.74) is 20.1. The fourth-order valence-corrected chi connectivity index (χ4v) is 2.17. The number of carbonyl (C=O) groups is 1. The van der Waals surface area contributed by atoms with Gasteiger partial charge in [0.2, 0.25) is 11.9 Å². The smallest absolute Gasteiger partial charge is 0.211 e. The van der Waals surface area contributed by atoms with Gasteiger partial charge in [0, 0.05) is 11.1 Å². The van der Waals surface area contributed by atoms with Crippen molar-refractivity contribution in [1.82, 2.24) is 0 Å². The minimum Gasteiger partial charge on any atom is -0.369 e. The van der Waals surface area contributed by atoms with E-state index in [-0.39, 0.29) is 50.0 Å². The molecule has 0 spiro atoms. The van der Waals surface area contributed by atoms with Crippen LogP contribution in [-0.4, -0.2) is 24.4 Å². The molecule has 2 aromatic rings. The van der Waals surface area contributed by atoms with Crippen molar-refractivity contribution < 1.29 is 13.6 Å². The number of benzene rings is 2. The standard InChI is InChI=1S/C8H7Cl2FN4.C7H3Cl2FO.CH6N4.ClH/c9-6-4(3-14-15-8(12)13)1-2-5(11)7(6)10;8-6-4(3-11)1-2-5(10)7(6)9;2-1(3)5-4;/h1-3H,(H4,12,13,15);1-3H;4H2,(H4,2,3,5);1H/b14-3+;;;. The minimum atomic E-state index is -0.623. The summed E-state index contributed by atoms with van der Waals surface area (Å²) in [4.78, 5) is 10.2. The second-order valence-corrected chi connectivity index (χ2v) is 6.48. The zero-order valence-corrected chi connectivity index (χ0v) is 19.6. The first-order valence-electron chi connectivity index (χ1n) is 7.59. The lowest BCUT2D eigenvalue weighted by molar-refractivity contribution is 0.112. The van der Waals surface area contributed by atoms with Gasteiger partial charge in [-0.05, 0) is 24.3 Å². The van der Waals surface area contributed by atoms with Crippen LogP contribution < -0.4 is 28.8 Å². The molecule has 0 amide bonds. The van der Waals surface area contributed by atoms with Gasteiger partial charge in [-0.25, -0.2) is 8.78 Å². The Bertz CT molecular complexity index is 997. The molecule has 0 atom stereocenters. The van der Waals surface area contributed by atoms with Crippen LogP contribution in [0, 0.1) is 11.6 Å². The number of rotatable bonds is 3. The van der Waals surface area contributed by atoms with Crippen LogP contribution in [0.2, 0.25) is 20.1 Å². The van der Waals surface area contributed by atoms with E-state index in [1.165, 1.54) is 24.4 Å². The molecule has 0 aliphatic rings. The number of guanidine groups is 2. The molecular weight excluding hydrogens is 535 g/mol. The fraction of sp³-hybridized carbons (Fsp3) is 0. The molecule has 32 heavy (non-hydrogen) atoms. The Balaban J connectivity index is 0. The summed E-state index contributed by atoms with van der Waals surface area (Å²) in [6.07, 6.45) is 1.79. The highest BCUT2D eigenvalue weighted by molar-refractivity contribution is 6.44. The lowest BCUT2D eigenvalue weighted by atomic mass is 10.2. The Morgan fingerprint density at radius 3 is 1.56 bits per heavy atom. The van der Waals surface area contributed by atoms with Crippen LogP contribution in [0.25, 0.3) is 0 Å². The third-order valence-corrected chi connectivity index (χ3v) is 4.52. The maximum atomic E-state index is 12.9. The highest BCUT2D eigenvalue weighted by Gasteiger charge is 2.08. The minimum absolute atomic E-state index is 0. The largest absolute Gasteiger partial charge is 0.369 e. The highest BCUT2D eigenvalue weighted by Crippen LogP contribution is 2.28. The van der Waals surface area contributed by atoms with Crippen molar-refractivity contribution in [3.63, 3.8) is 0 Å². The van der Waals surface area contributed by atoms with Crippen molar-refractivity contribution in [2.45, 2.75) is 0 Å². The monoisotopic (exact) mass is 550 g/mol. The fourth-order valence-electron chi connectivity index (χ4n) is 1.43. The van der Waals surface area contributed by atoms with E-state index < -0.39 is 11.6 Å². The molecule has 9 nitrogen and oxygen atoms in total. The van der Waals surface area contributed by atoms with Crippen molar-refractivity contribution in [3.05, 3.63) is 67.1 Å². The van der Waals surface area contributed by atoms with Crippen molar-refractivity contribution in [2.24, 2.45) is 44.1 Å². The second-order valence-electron chi connectivity index (χ2n) is 4.97. The van der Waals surface area contributed by atoms with E-state index in [9.17, 15) is 13.6 Å². The summed E-state index contributed by atoms with van der Waals surface area (Å²) in [5, 5.41) is 9.39. The summed E-state index contributed by atoms with van der Waals surface area (Å²) in [6.45, 7) is 0. The maximum Gasteiger partial charge on any atom is 0.211 e. The van der Waals surface area contributed by atoms with E-state index in [4.69, 9.17) is 69.3 Å². The number of hydrazone groups is 1. The van der Waals surface area contributed by atoms with Crippen LogP contribution in [0.4, 0.5) is 8.78 Å². The van der Waals surface area contributed by atoms with Gasteiger partial charge in [0.05, 0.1) is 26.3 Å². The number of halogens is 7. The molecule has 0 bridgehead atoms. The summed E-state index contributed by atoms with van der Waals surface area (Å²) in [7, 11) is 0. The molecular formula is C16H17Cl5F2N8O. The third-order valence-electron chi connectivity index (χ3n) is 2.78. The number of nitrogens with two attached hydrogens (primary N) is 5. The van der Waals surface area contributed by atoms with Crippen LogP contribution >= 0.6 is 58.8 Å². The van der Waals surface area contributed by atoms with Gasteiger partial charge in [-0.2, -0.15) is 5.10 Å². The predicted octanol–water partition coefficient (Wildman–Crippen LogP) is 3.24. The maximum absolute atomic E-state index is 12.9. The van der Waals surface area contributed by atoms with E-state index >= 15 is 0 Å². The van der Waals surface area contributed by atoms with Crippen LogP contribution in [0.5, 0.6) is 0 Å². The molecule has 0 heterocycles. The molecule has 0 fully saturated rings. The van der Waals surface area contributed by atoms with E-state index in [0.29, 0.717) is 11.8 Å². The third kappa shape index (κ3) is 11.2. The van der Waals surface area contributed by atoms with Crippen LogP contribution in [0.15, 0.2) is 39.6 Å². The van der Waals surface area contributed by atoms with Crippen LogP contribution in [0.3, 0.4) is 0 Å². The predicted molar refractivity (Wildman–Crippen MR) is 129 cm³/mol. The number of hydrogen-bond donors (Lipinski definition) is 5. The van der Waals surface area contributed by atoms with E-state index in [0.717, 1.165) is 6.07 Å². The molecule has 176 valence electrons. The molecule has 2 aromatic carbocycles. The number of aldehydes is 1. The highest BCUT2D eigenvalue weighted by atomic mass is 35.5. The van der Waals surface area contributed by atoms with E-state index in [1.54, 1.807) is 0 Å². The van der Waals surface area contributed by atoms with Crippen molar-refractivity contribution >= 4 is 83.2 Å². The average Bonchev–Trinajstić information content (AvgIpc) is 2.73. The second kappa shape index (κ2) is 16.1. The van der Waals surface area contributed by atoms with Crippen molar-refractivity contribution in [2.75, 3.05) is 0 Å². The van der Waals surface area contributed by atoms with Gasteiger partial charge < -0.3 is 28.8 Å². The van der Waals surface area contributed by atoms with Gasteiger partial charge in [-0.1, -0.05) is 46.4 Å². The Kier molecular flexibility index (Phi) is 15.9. The van der Waals surface area contributed by atoms with Gasteiger partial charge in [0.1, 0.15) is 11.6 Å². The quantitative estimate of drug-likeness (QED) is 0.0972. The Hall–Kier alpha value is -2.57. The molecule has 0 aliphatic heterocycles. The Morgan fingerprint density at radius 2 is 1.19 bits per heavy atom. The van der Waals surface area contributed by atoms with E-state index in [1.807, 2.05) is 0 Å². The summed E-state index contributed by atoms with van der Waals surface area (Å²) < 4.78 is 25.4. The van der Waals surface area contributed by atoms with Gasteiger partial charge in [-0.15, -0.1) is 22.6 Å². The summed E-state index contributed by atoms with van der Waals surface area (Å²) >= 11 is 22.2. The molecule has 0 aromatic heterocycles. The summed E-state index contributed by atoms with van der Waals surface area (Å²) in [6, 6.07) is 4.95. The number of nitrogens with zero attached hydrogens (tertiary/aromatic N) is 3. The van der Waals surface area contributed by atoms with Gasteiger partial charge in [-0.3, -0.25) is 4.79 Å². The van der Waals surface area contributed by atoms with Gasteiger partial charge in [0.25, 0.3) is 0 Å². The Morgan fingerprint density at radius 1 is 0.781 bits per heavy atom. The lowest BCUT2D eigenvalue weighted by Gasteiger charge is -2.00. The zero-order chi connectivity index (χ0) is 24.1. The molecule has 0 saturated heterocycles. The van der Waals surface area contributed by atoms with E-state index in [2.05, 4.69) is 21.1 Å². The first kappa shape index (κ1) is 31.6. The zero-order valence-electron chi connectivity index (χ0n) is 15.8. The molecule has 16 heteroatoms. The molecule has 0 unspecified atom stereocenters. The first-order chi connectivity index (χ1) is 14.5. The molecule has 0 radical (unpaired) electrons. The molecule has 0 saturated carbocycles. The average molecular weight is 553 g/mol. The summed E-state index contributed by atoms with van der Waals surface area (Å²) in [5.74, 6) is 3.01. The van der Waals surface area contributed by atoms with Gasteiger partial charge >= 0.3 is 0 Å².